The molecule has 0 amide bonds. The van der Waals surface area contributed by atoms with Crippen LogP contribution in [0, 0.1) is 16.7 Å². The molecule has 2 aliphatic rings. The molecule has 0 spiro atoms. The molecule has 0 aromatic carbocycles. The summed E-state index contributed by atoms with van der Waals surface area (Å²) in [5.41, 5.74) is 2.48. The van der Waals surface area contributed by atoms with Gasteiger partial charge in [-0.3, -0.25) is 9.67 Å². The Labute approximate surface area is 181 Å². The molecule has 1 aromatic rings. The van der Waals surface area contributed by atoms with Crippen LogP contribution in [0.5, 0.6) is 0 Å². The molecule has 0 saturated carbocycles. The topological polar surface area (TPSA) is 79.6 Å². The van der Waals surface area contributed by atoms with Gasteiger partial charge >= 0.3 is 0 Å². The Morgan fingerprint density at radius 3 is 2.27 bits per heavy atom. The van der Waals surface area contributed by atoms with Crippen molar-refractivity contribution >= 4 is 15.9 Å². The zero-order valence-corrected chi connectivity index (χ0v) is 20.6. The highest BCUT2D eigenvalue weighted by Gasteiger charge is 2.45. The SMILES string of the molecule is CC(C)C1=NC(C(C)(C)C)C(C(C)(C)C)=C2CC(NS(=O)(=O)c3cnn(C)c3)CN12. The molecule has 7 nitrogen and oxygen atoms in total. The Bertz CT molecular complexity index is 974. The molecule has 0 bridgehead atoms. The van der Waals surface area contributed by atoms with Crippen LogP contribution in [0.1, 0.15) is 61.8 Å². The minimum Gasteiger partial charge on any atom is -0.332 e. The average Bonchev–Trinajstić information content (AvgIpc) is 3.16. The first-order valence-electron chi connectivity index (χ1n) is 10.7. The van der Waals surface area contributed by atoms with E-state index in [-0.39, 0.29) is 33.7 Å². The van der Waals surface area contributed by atoms with Crippen molar-refractivity contribution in [2.45, 2.75) is 78.8 Å². The van der Waals surface area contributed by atoms with Gasteiger partial charge in [0.15, 0.2) is 0 Å². The van der Waals surface area contributed by atoms with Crippen LogP contribution in [0.4, 0.5) is 0 Å². The van der Waals surface area contributed by atoms with Gasteiger partial charge in [0.2, 0.25) is 10.0 Å². The Morgan fingerprint density at radius 2 is 1.80 bits per heavy atom. The summed E-state index contributed by atoms with van der Waals surface area (Å²) < 4.78 is 30.2. The second-order valence-corrected chi connectivity index (χ2v) is 12.7. The lowest BCUT2D eigenvalue weighted by Crippen LogP contribution is -2.45. The van der Waals surface area contributed by atoms with E-state index in [0.717, 1.165) is 5.84 Å². The molecule has 2 unspecified atom stereocenters. The third-order valence-electron chi connectivity index (χ3n) is 5.75. The molecule has 8 heteroatoms. The number of fused-ring (bicyclic) bond motifs is 1. The predicted molar refractivity (Wildman–Crippen MR) is 121 cm³/mol. The monoisotopic (exact) mass is 435 g/mol. The molecule has 1 fully saturated rings. The number of nitrogens with zero attached hydrogens (tertiary/aromatic N) is 4. The maximum Gasteiger partial charge on any atom is 0.244 e. The van der Waals surface area contributed by atoms with Crippen molar-refractivity contribution in [2.24, 2.45) is 28.8 Å². The van der Waals surface area contributed by atoms with Crippen LogP contribution in [0.25, 0.3) is 0 Å². The highest BCUT2D eigenvalue weighted by atomic mass is 32.2. The highest BCUT2D eigenvalue weighted by molar-refractivity contribution is 7.89. The summed E-state index contributed by atoms with van der Waals surface area (Å²) in [6.45, 7) is 18.3. The fourth-order valence-electron chi connectivity index (χ4n) is 4.48. The van der Waals surface area contributed by atoms with Gasteiger partial charge in [0.25, 0.3) is 0 Å². The van der Waals surface area contributed by atoms with E-state index in [4.69, 9.17) is 4.99 Å². The van der Waals surface area contributed by atoms with E-state index >= 15 is 0 Å². The lowest BCUT2D eigenvalue weighted by molar-refractivity contribution is 0.290. The molecule has 168 valence electrons. The third kappa shape index (κ3) is 4.35. The zero-order chi connectivity index (χ0) is 22.6. The quantitative estimate of drug-likeness (QED) is 0.784. The van der Waals surface area contributed by atoms with E-state index in [1.165, 1.54) is 28.3 Å². The van der Waals surface area contributed by atoms with Crippen molar-refractivity contribution in [1.29, 1.82) is 0 Å². The zero-order valence-electron chi connectivity index (χ0n) is 19.8. The summed E-state index contributed by atoms with van der Waals surface area (Å²) in [6.07, 6.45) is 3.59. The van der Waals surface area contributed by atoms with Gasteiger partial charge in [0.05, 0.1) is 12.2 Å². The summed E-state index contributed by atoms with van der Waals surface area (Å²) in [6, 6.07) is -0.125. The van der Waals surface area contributed by atoms with Crippen molar-refractivity contribution < 1.29 is 8.42 Å². The van der Waals surface area contributed by atoms with E-state index in [1.54, 1.807) is 7.05 Å². The molecule has 3 heterocycles. The van der Waals surface area contributed by atoms with Crippen LogP contribution in [-0.2, 0) is 17.1 Å². The molecule has 1 N–H and O–H groups in total. The molecule has 3 rings (SSSR count). The summed E-state index contributed by atoms with van der Waals surface area (Å²) in [5.74, 6) is 1.32. The molecule has 1 aromatic heterocycles. The fraction of sp³-hybridized carbons (Fsp3) is 0.727. The fourth-order valence-corrected chi connectivity index (χ4v) is 5.69. The Kier molecular flexibility index (Phi) is 5.74. The van der Waals surface area contributed by atoms with E-state index in [2.05, 4.69) is 70.1 Å². The van der Waals surface area contributed by atoms with E-state index in [9.17, 15) is 8.42 Å². The number of hydrogen-bond acceptors (Lipinski definition) is 5. The van der Waals surface area contributed by atoms with Crippen LogP contribution in [0.15, 0.2) is 33.6 Å². The minimum atomic E-state index is -3.62. The molecule has 30 heavy (non-hydrogen) atoms. The van der Waals surface area contributed by atoms with Crippen molar-refractivity contribution in [2.75, 3.05) is 6.54 Å². The van der Waals surface area contributed by atoms with E-state index < -0.39 is 10.0 Å². The second-order valence-electron chi connectivity index (χ2n) is 11.0. The molecule has 0 radical (unpaired) electrons. The first-order valence-corrected chi connectivity index (χ1v) is 12.2. The van der Waals surface area contributed by atoms with Crippen LogP contribution in [0.2, 0.25) is 0 Å². The molecular weight excluding hydrogens is 398 g/mol. The standard InChI is InChI=1S/C22H37N5O2S/c1-14(2)20-24-19(22(6,7)8)18(21(3,4)5)17-10-15(12-27(17)20)25-30(28,29)16-11-23-26(9)13-16/h11,13-15,19,25H,10,12H2,1-9H3. The molecule has 1 saturated heterocycles. The van der Waals surface area contributed by atoms with E-state index in [0.29, 0.717) is 13.0 Å². The summed E-state index contributed by atoms with van der Waals surface area (Å²) in [7, 11) is -1.91. The van der Waals surface area contributed by atoms with Crippen LogP contribution < -0.4 is 4.72 Å². The van der Waals surface area contributed by atoms with Gasteiger partial charge < -0.3 is 4.90 Å². The maximum atomic E-state index is 12.9. The Balaban J connectivity index is 2.02. The van der Waals surface area contributed by atoms with Gasteiger partial charge in [0, 0.05) is 43.9 Å². The average molecular weight is 436 g/mol. The first kappa shape index (κ1) is 23.0. The summed E-state index contributed by atoms with van der Waals surface area (Å²) in [5, 5.41) is 4.00. The number of aromatic nitrogens is 2. The number of aryl methyl sites for hydroxylation is 1. The van der Waals surface area contributed by atoms with Gasteiger partial charge in [0.1, 0.15) is 10.7 Å². The largest absolute Gasteiger partial charge is 0.332 e. The minimum absolute atomic E-state index is 0.0187. The molecular formula is C22H37N5O2S. The first-order chi connectivity index (χ1) is 13.6. The smallest absolute Gasteiger partial charge is 0.244 e. The summed E-state index contributed by atoms with van der Waals surface area (Å²) in [4.78, 5) is 7.70. The number of hydrogen-bond donors (Lipinski definition) is 1. The number of aliphatic imine (C=N–C) groups is 1. The van der Waals surface area contributed by atoms with Crippen molar-refractivity contribution in [3.05, 3.63) is 23.7 Å². The predicted octanol–water partition coefficient (Wildman–Crippen LogP) is 3.56. The normalized spacial score (nSPS) is 23.3. The summed E-state index contributed by atoms with van der Waals surface area (Å²) >= 11 is 0. The number of rotatable bonds is 4. The number of amidine groups is 1. The van der Waals surface area contributed by atoms with Gasteiger partial charge in [-0.15, -0.1) is 0 Å². The lowest BCUT2D eigenvalue weighted by atomic mass is 9.71. The van der Waals surface area contributed by atoms with Gasteiger partial charge in [-0.05, 0) is 16.4 Å². The lowest BCUT2D eigenvalue weighted by Gasteiger charge is -2.44. The van der Waals surface area contributed by atoms with E-state index in [1.807, 2.05) is 0 Å². The van der Waals surface area contributed by atoms with Crippen molar-refractivity contribution in [3.8, 4) is 0 Å². The van der Waals surface area contributed by atoms with Crippen molar-refractivity contribution in [1.82, 2.24) is 19.4 Å². The van der Waals surface area contributed by atoms with Crippen LogP contribution in [0.3, 0.4) is 0 Å². The third-order valence-corrected chi connectivity index (χ3v) is 7.22. The Morgan fingerprint density at radius 1 is 1.17 bits per heavy atom. The second kappa shape index (κ2) is 7.48. The molecule has 2 atom stereocenters. The highest BCUT2D eigenvalue weighted by Crippen LogP contribution is 2.46. The van der Waals surface area contributed by atoms with Gasteiger partial charge in [-0.2, -0.15) is 5.10 Å². The molecule has 0 aliphatic carbocycles. The molecule has 2 aliphatic heterocycles. The maximum absolute atomic E-state index is 12.9. The number of nitrogens with one attached hydrogen (secondary N) is 1. The van der Waals surface area contributed by atoms with Crippen molar-refractivity contribution in [3.63, 3.8) is 0 Å². The Hall–Kier alpha value is -1.67. The van der Waals surface area contributed by atoms with Gasteiger partial charge in [-0.25, -0.2) is 13.1 Å². The van der Waals surface area contributed by atoms with Crippen LogP contribution in [-0.4, -0.2) is 47.6 Å². The van der Waals surface area contributed by atoms with Gasteiger partial charge in [-0.1, -0.05) is 55.4 Å². The van der Waals surface area contributed by atoms with Crippen LogP contribution >= 0.6 is 0 Å². The number of sulfonamides is 1.